The van der Waals surface area contributed by atoms with E-state index in [-0.39, 0.29) is 34.9 Å². The number of benzene rings is 2. The van der Waals surface area contributed by atoms with Crippen LogP contribution in [0.1, 0.15) is 40.8 Å². The van der Waals surface area contributed by atoms with Gasteiger partial charge in [-0.05, 0) is 24.5 Å². The van der Waals surface area contributed by atoms with E-state index in [4.69, 9.17) is 4.74 Å². The zero-order valence-electron chi connectivity index (χ0n) is 16.2. The van der Waals surface area contributed by atoms with Crippen molar-refractivity contribution in [3.8, 4) is 5.75 Å². The van der Waals surface area contributed by atoms with E-state index in [1.165, 1.54) is 13.3 Å². The number of aliphatic hydroxyl groups excluding tert-OH is 1. The van der Waals surface area contributed by atoms with Crippen molar-refractivity contribution in [2.24, 2.45) is 0 Å². The van der Waals surface area contributed by atoms with Crippen LogP contribution in [0.5, 0.6) is 5.75 Å². The monoisotopic (exact) mass is 414 g/mol. The minimum atomic E-state index is -1.23. The number of hydrogen-bond donors (Lipinski definition) is 2. The van der Waals surface area contributed by atoms with E-state index in [1.54, 1.807) is 34.9 Å². The molecule has 1 heterocycles. The number of amides is 1. The predicted molar refractivity (Wildman–Crippen MR) is 107 cm³/mol. The molecule has 0 saturated heterocycles. The number of hydrogen-bond acceptors (Lipinski definition) is 4. The summed E-state index contributed by atoms with van der Waals surface area (Å²) in [5, 5.41) is 12.2. The number of fused-ring (bicyclic) bond motifs is 1. The Morgan fingerprint density at radius 1 is 1.30 bits per heavy atom. The summed E-state index contributed by atoms with van der Waals surface area (Å²) in [4.78, 5) is 25.9. The first-order chi connectivity index (χ1) is 14.5. The predicted octanol–water partition coefficient (Wildman–Crippen LogP) is 3.09. The van der Waals surface area contributed by atoms with Crippen LogP contribution in [0.15, 0.2) is 47.4 Å². The van der Waals surface area contributed by atoms with Gasteiger partial charge in [-0.25, -0.2) is 4.39 Å². The SMILES string of the molecule is COc1c(F)c(F)cc2c(=O)c(C(=O)N[C@H](CO)c3ccccc3)cn(C3CC3)c12. The van der Waals surface area contributed by atoms with E-state index in [9.17, 15) is 23.5 Å². The third-order valence-corrected chi connectivity index (χ3v) is 5.24. The summed E-state index contributed by atoms with van der Waals surface area (Å²) >= 11 is 0. The van der Waals surface area contributed by atoms with Gasteiger partial charge >= 0.3 is 0 Å². The number of aromatic nitrogens is 1. The molecule has 0 bridgehead atoms. The molecule has 6 nitrogen and oxygen atoms in total. The molecule has 8 heteroatoms. The number of carbonyl (C=O) groups is 1. The number of halogens is 2. The number of nitrogens with zero attached hydrogens (tertiary/aromatic N) is 1. The Bertz CT molecular complexity index is 1170. The van der Waals surface area contributed by atoms with Crippen LogP contribution >= 0.6 is 0 Å². The minimum absolute atomic E-state index is 0.0406. The summed E-state index contributed by atoms with van der Waals surface area (Å²) in [6.45, 7) is -0.367. The van der Waals surface area contributed by atoms with Crippen LogP contribution < -0.4 is 15.5 Å². The van der Waals surface area contributed by atoms with Gasteiger partial charge in [0.1, 0.15) is 5.56 Å². The molecule has 1 aliphatic carbocycles. The maximum Gasteiger partial charge on any atom is 0.257 e. The van der Waals surface area contributed by atoms with E-state index in [0.29, 0.717) is 5.56 Å². The number of nitrogens with one attached hydrogen (secondary N) is 1. The highest BCUT2D eigenvalue weighted by atomic mass is 19.2. The fraction of sp³-hybridized carbons (Fsp3) is 0.273. The average Bonchev–Trinajstić information content (AvgIpc) is 3.59. The summed E-state index contributed by atoms with van der Waals surface area (Å²) < 4.78 is 35.0. The van der Waals surface area contributed by atoms with E-state index in [2.05, 4.69) is 5.32 Å². The molecule has 0 aliphatic heterocycles. The molecule has 0 unspecified atom stereocenters. The first kappa shape index (κ1) is 20.0. The lowest BCUT2D eigenvalue weighted by molar-refractivity contribution is 0.0914. The van der Waals surface area contributed by atoms with Gasteiger partial charge in [-0.15, -0.1) is 0 Å². The van der Waals surface area contributed by atoms with Crippen molar-refractivity contribution < 1.29 is 23.4 Å². The molecule has 156 valence electrons. The second-order valence-corrected chi connectivity index (χ2v) is 7.23. The first-order valence-electron chi connectivity index (χ1n) is 9.53. The lowest BCUT2D eigenvalue weighted by Gasteiger charge is -2.19. The van der Waals surface area contributed by atoms with Crippen molar-refractivity contribution in [2.75, 3.05) is 13.7 Å². The Labute approximate surface area is 170 Å². The topological polar surface area (TPSA) is 80.6 Å². The Balaban J connectivity index is 1.84. The molecule has 1 aliphatic rings. The Morgan fingerprint density at radius 3 is 2.60 bits per heavy atom. The fourth-order valence-corrected chi connectivity index (χ4v) is 3.57. The lowest BCUT2D eigenvalue weighted by Crippen LogP contribution is -2.34. The van der Waals surface area contributed by atoms with E-state index in [0.717, 1.165) is 18.9 Å². The van der Waals surface area contributed by atoms with Crippen molar-refractivity contribution in [1.82, 2.24) is 9.88 Å². The van der Waals surface area contributed by atoms with Gasteiger partial charge in [0.05, 0.1) is 30.7 Å². The van der Waals surface area contributed by atoms with Gasteiger partial charge < -0.3 is 19.7 Å². The van der Waals surface area contributed by atoms with Gasteiger partial charge in [0.2, 0.25) is 11.2 Å². The molecular formula is C22H20F2N2O4. The summed E-state index contributed by atoms with van der Waals surface area (Å²) in [5.41, 5.74) is -0.146. The maximum atomic E-state index is 14.3. The minimum Gasteiger partial charge on any atom is -0.491 e. The van der Waals surface area contributed by atoms with Crippen LogP contribution in [0.2, 0.25) is 0 Å². The highest BCUT2D eigenvalue weighted by Gasteiger charge is 2.30. The third kappa shape index (κ3) is 3.43. The van der Waals surface area contributed by atoms with Crippen LogP contribution in [0, 0.1) is 11.6 Å². The van der Waals surface area contributed by atoms with Crippen molar-refractivity contribution in [3.63, 3.8) is 0 Å². The smallest absolute Gasteiger partial charge is 0.257 e. The van der Waals surface area contributed by atoms with Gasteiger partial charge in [0.15, 0.2) is 11.6 Å². The number of pyridine rings is 1. The molecule has 3 aromatic rings. The molecule has 1 atom stereocenters. The molecule has 2 aromatic carbocycles. The Hall–Kier alpha value is -3.26. The molecule has 1 fully saturated rings. The van der Waals surface area contributed by atoms with E-state index < -0.39 is 29.0 Å². The maximum absolute atomic E-state index is 14.3. The van der Waals surface area contributed by atoms with Crippen LogP contribution in [0.3, 0.4) is 0 Å². The van der Waals surface area contributed by atoms with Crippen molar-refractivity contribution in [1.29, 1.82) is 0 Å². The second-order valence-electron chi connectivity index (χ2n) is 7.23. The van der Waals surface area contributed by atoms with Gasteiger partial charge in [-0.3, -0.25) is 9.59 Å². The highest BCUT2D eigenvalue weighted by molar-refractivity contribution is 5.98. The zero-order chi connectivity index (χ0) is 21.4. The normalized spacial score (nSPS) is 14.5. The number of methoxy groups -OCH3 is 1. The van der Waals surface area contributed by atoms with Crippen molar-refractivity contribution in [3.05, 3.63) is 75.6 Å². The molecule has 0 spiro atoms. The molecule has 2 N–H and O–H groups in total. The highest BCUT2D eigenvalue weighted by Crippen LogP contribution is 2.40. The van der Waals surface area contributed by atoms with Gasteiger partial charge in [0, 0.05) is 12.2 Å². The van der Waals surface area contributed by atoms with Gasteiger partial charge in [-0.1, -0.05) is 30.3 Å². The lowest BCUT2D eigenvalue weighted by atomic mass is 10.1. The standard InChI is InChI=1S/C22H20F2N2O4/c1-30-21-18(24)16(23)9-14-19(21)26(13-7-8-13)10-15(20(14)28)22(29)25-17(11-27)12-5-3-2-4-6-12/h2-6,9-10,13,17,27H,7-8,11H2,1H3,(H,25,29)/t17-/m1/s1. The van der Waals surface area contributed by atoms with Crippen LogP contribution in [-0.2, 0) is 0 Å². The molecular weight excluding hydrogens is 394 g/mol. The van der Waals surface area contributed by atoms with E-state index in [1.807, 2.05) is 0 Å². The molecule has 0 radical (unpaired) electrons. The fourth-order valence-electron chi connectivity index (χ4n) is 3.57. The van der Waals surface area contributed by atoms with Crippen molar-refractivity contribution >= 4 is 16.8 Å². The summed E-state index contributed by atoms with van der Waals surface area (Å²) in [7, 11) is 1.20. The molecule has 1 aromatic heterocycles. The van der Waals surface area contributed by atoms with E-state index >= 15 is 0 Å². The average molecular weight is 414 g/mol. The number of aliphatic hydroxyl groups is 1. The quantitative estimate of drug-likeness (QED) is 0.650. The summed E-state index contributed by atoms with van der Waals surface area (Å²) in [6.07, 6.45) is 2.92. The Morgan fingerprint density at radius 2 is 2.00 bits per heavy atom. The van der Waals surface area contributed by atoms with Gasteiger partial charge in [0.25, 0.3) is 5.91 Å². The molecule has 30 heavy (non-hydrogen) atoms. The van der Waals surface area contributed by atoms with Crippen LogP contribution in [0.4, 0.5) is 8.78 Å². The second kappa shape index (κ2) is 7.87. The largest absolute Gasteiger partial charge is 0.491 e. The number of carbonyl (C=O) groups excluding carboxylic acids is 1. The zero-order valence-corrected chi connectivity index (χ0v) is 16.2. The summed E-state index contributed by atoms with van der Waals surface area (Å²) in [6, 6.07) is 8.86. The van der Waals surface area contributed by atoms with Crippen LogP contribution in [0.25, 0.3) is 10.9 Å². The number of rotatable bonds is 6. The summed E-state index contributed by atoms with van der Waals surface area (Å²) in [5.74, 6) is -3.48. The first-order valence-corrected chi connectivity index (χ1v) is 9.53. The van der Waals surface area contributed by atoms with Crippen molar-refractivity contribution in [2.45, 2.75) is 24.9 Å². The van der Waals surface area contributed by atoms with Gasteiger partial charge in [-0.2, -0.15) is 4.39 Å². The third-order valence-electron chi connectivity index (χ3n) is 5.24. The van der Waals surface area contributed by atoms with Crippen LogP contribution in [-0.4, -0.2) is 29.3 Å². The molecule has 1 amide bonds. The molecule has 1 saturated carbocycles. The Kier molecular flexibility index (Phi) is 5.26. The molecule has 4 rings (SSSR count). The number of ether oxygens (including phenoxy) is 1.